The number of aromatic hydroxyl groups is 1. The molecule has 0 bridgehead atoms. The molecule has 3 nitrogen and oxygen atoms in total. The van der Waals surface area contributed by atoms with Gasteiger partial charge in [0.25, 0.3) is 0 Å². The highest BCUT2D eigenvalue weighted by atomic mass is 16.5. The third-order valence-corrected chi connectivity index (χ3v) is 3.04. The second-order valence-electron chi connectivity index (χ2n) is 4.19. The summed E-state index contributed by atoms with van der Waals surface area (Å²) < 4.78 is 5.32. The molecule has 1 fully saturated rings. The van der Waals surface area contributed by atoms with Gasteiger partial charge in [0.05, 0.1) is 6.61 Å². The molecule has 1 aliphatic rings. The van der Waals surface area contributed by atoms with Crippen molar-refractivity contribution in [2.45, 2.75) is 26.2 Å². The van der Waals surface area contributed by atoms with Gasteiger partial charge in [-0.15, -0.1) is 0 Å². The van der Waals surface area contributed by atoms with Crippen LogP contribution in [0.2, 0.25) is 0 Å². The van der Waals surface area contributed by atoms with Gasteiger partial charge in [-0.1, -0.05) is 12.1 Å². The van der Waals surface area contributed by atoms with Crippen LogP contribution in [0.1, 0.15) is 31.7 Å². The average molecular weight is 220 g/mol. The Bertz CT molecular complexity index is 412. The van der Waals surface area contributed by atoms with Gasteiger partial charge in [-0.25, -0.2) is 0 Å². The molecule has 0 aliphatic heterocycles. The van der Waals surface area contributed by atoms with Crippen LogP contribution in [0.4, 0.5) is 0 Å². The van der Waals surface area contributed by atoms with E-state index in [9.17, 15) is 9.90 Å². The van der Waals surface area contributed by atoms with E-state index in [1.54, 1.807) is 13.0 Å². The first kappa shape index (κ1) is 11.0. The van der Waals surface area contributed by atoms with Crippen molar-refractivity contribution in [3.8, 4) is 11.5 Å². The number of rotatable bonds is 4. The molecule has 1 N–H and O–H groups in total. The summed E-state index contributed by atoms with van der Waals surface area (Å²) in [4.78, 5) is 11.2. The van der Waals surface area contributed by atoms with Gasteiger partial charge < -0.3 is 9.84 Å². The minimum Gasteiger partial charge on any atom is -0.504 e. The van der Waals surface area contributed by atoms with Crippen molar-refractivity contribution in [1.82, 2.24) is 0 Å². The lowest BCUT2D eigenvalue weighted by atomic mass is 10.1. The maximum Gasteiger partial charge on any atom is 0.161 e. The zero-order valence-electron chi connectivity index (χ0n) is 9.56. The van der Waals surface area contributed by atoms with Gasteiger partial charge in [-0.05, 0) is 32.3 Å². The maximum absolute atomic E-state index is 11.2. The molecule has 1 aromatic carbocycles. The molecule has 0 amide bonds. The lowest BCUT2D eigenvalue weighted by molar-refractivity contribution is -0.118. The fourth-order valence-electron chi connectivity index (χ4n) is 2.10. The number of phenols is 1. The van der Waals surface area contributed by atoms with E-state index in [0.717, 1.165) is 12.0 Å². The van der Waals surface area contributed by atoms with Gasteiger partial charge in [-0.3, -0.25) is 4.79 Å². The van der Waals surface area contributed by atoms with Crippen molar-refractivity contribution >= 4 is 5.78 Å². The van der Waals surface area contributed by atoms with E-state index in [0.29, 0.717) is 12.4 Å². The summed E-state index contributed by atoms with van der Waals surface area (Å²) in [6.45, 7) is 4.01. The normalized spacial score (nSPS) is 22.9. The molecule has 0 heterocycles. The van der Waals surface area contributed by atoms with E-state index < -0.39 is 0 Å². The number of carbonyl (C=O) groups is 1. The number of ether oxygens (including phenoxy) is 1. The van der Waals surface area contributed by atoms with Crippen molar-refractivity contribution in [2.24, 2.45) is 5.92 Å². The molecule has 2 unspecified atom stereocenters. The van der Waals surface area contributed by atoms with Gasteiger partial charge in [0.2, 0.25) is 0 Å². The Morgan fingerprint density at radius 3 is 2.88 bits per heavy atom. The summed E-state index contributed by atoms with van der Waals surface area (Å²) in [7, 11) is 0. The highest BCUT2D eigenvalue weighted by Gasteiger charge is 2.43. The monoisotopic (exact) mass is 220 g/mol. The van der Waals surface area contributed by atoms with Gasteiger partial charge in [-0.2, -0.15) is 0 Å². The molecule has 1 aromatic rings. The van der Waals surface area contributed by atoms with E-state index in [-0.39, 0.29) is 23.4 Å². The van der Waals surface area contributed by atoms with Gasteiger partial charge in [0, 0.05) is 11.5 Å². The molecule has 1 aliphatic carbocycles. The third kappa shape index (κ3) is 1.90. The molecule has 2 rings (SSSR count). The first-order chi connectivity index (χ1) is 7.65. The maximum atomic E-state index is 11.2. The van der Waals surface area contributed by atoms with Crippen LogP contribution in [0.5, 0.6) is 11.5 Å². The molecule has 0 aromatic heterocycles. The van der Waals surface area contributed by atoms with E-state index in [4.69, 9.17) is 4.74 Å². The minimum absolute atomic E-state index is 0.0859. The van der Waals surface area contributed by atoms with Crippen LogP contribution in [0.3, 0.4) is 0 Å². The van der Waals surface area contributed by atoms with Crippen molar-refractivity contribution in [2.75, 3.05) is 6.61 Å². The number of hydrogen-bond donors (Lipinski definition) is 1. The summed E-state index contributed by atoms with van der Waals surface area (Å²) in [5, 5.41) is 9.99. The Balaban J connectivity index is 2.23. The van der Waals surface area contributed by atoms with E-state index >= 15 is 0 Å². The fourth-order valence-corrected chi connectivity index (χ4v) is 2.10. The molecule has 3 heteroatoms. The molecule has 16 heavy (non-hydrogen) atoms. The number of ketones is 1. The fraction of sp³-hybridized carbons (Fsp3) is 0.462. The van der Waals surface area contributed by atoms with E-state index in [1.807, 2.05) is 19.1 Å². The van der Waals surface area contributed by atoms with Crippen molar-refractivity contribution in [3.63, 3.8) is 0 Å². The van der Waals surface area contributed by atoms with E-state index in [1.165, 1.54) is 0 Å². The third-order valence-electron chi connectivity index (χ3n) is 3.04. The topological polar surface area (TPSA) is 46.5 Å². The lowest BCUT2D eigenvalue weighted by Crippen LogP contribution is -1.97. The largest absolute Gasteiger partial charge is 0.504 e. The number of benzene rings is 1. The summed E-state index contributed by atoms with van der Waals surface area (Å²) >= 11 is 0. The highest BCUT2D eigenvalue weighted by molar-refractivity contribution is 5.82. The van der Waals surface area contributed by atoms with Crippen LogP contribution >= 0.6 is 0 Å². The molecule has 1 saturated carbocycles. The van der Waals surface area contributed by atoms with Crippen LogP contribution in [-0.4, -0.2) is 17.5 Å². The molecule has 2 atom stereocenters. The smallest absolute Gasteiger partial charge is 0.161 e. The molecule has 0 spiro atoms. The standard InChI is InChI=1S/C13H16O3/c1-3-16-12-6-4-5-9(13(12)15)11-7-10(11)8(2)14/h4-6,10-11,15H,3,7H2,1-2H3. The van der Waals surface area contributed by atoms with Crippen LogP contribution in [0.15, 0.2) is 18.2 Å². The van der Waals surface area contributed by atoms with Gasteiger partial charge in [0.15, 0.2) is 11.5 Å². The van der Waals surface area contributed by atoms with Crippen molar-refractivity contribution < 1.29 is 14.6 Å². The Hall–Kier alpha value is -1.51. The molecule has 0 radical (unpaired) electrons. The van der Waals surface area contributed by atoms with Crippen molar-refractivity contribution in [1.29, 1.82) is 0 Å². The predicted octanol–water partition coefficient (Wildman–Crippen LogP) is 2.48. The first-order valence-electron chi connectivity index (χ1n) is 5.60. The highest BCUT2D eigenvalue weighted by Crippen LogP contribution is 2.52. The summed E-state index contributed by atoms with van der Waals surface area (Å²) in [6, 6.07) is 5.47. The number of carbonyl (C=O) groups excluding carboxylic acids is 1. The Labute approximate surface area is 95.0 Å². The quantitative estimate of drug-likeness (QED) is 0.848. The number of phenolic OH excluding ortho intramolecular Hbond substituents is 1. The van der Waals surface area contributed by atoms with E-state index in [2.05, 4.69) is 0 Å². The van der Waals surface area contributed by atoms with Gasteiger partial charge in [0.1, 0.15) is 5.78 Å². The van der Waals surface area contributed by atoms with Crippen LogP contribution in [0, 0.1) is 5.92 Å². The van der Waals surface area contributed by atoms with Crippen LogP contribution < -0.4 is 4.74 Å². The lowest BCUT2D eigenvalue weighted by Gasteiger charge is -2.09. The summed E-state index contributed by atoms with van der Waals surface area (Å²) in [5.41, 5.74) is 0.839. The summed E-state index contributed by atoms with van der Waals surface area (Å²) in [6.07, 6.45) is 0.846. The second kappa shape index (κ2) is 4.16. The number of para-hydroxylation sites is 1. The van der Waals surface area contributed by atoms with Crippen LogP contribution in [-0.2, 0) is 4.79 Å². The Morgan fingerprint density at radius 2 is 2.31 bits per heavy atom. The first-order valence-corrected chi connectivity index (χ1v) is 5.60. The number of hydrogen-bond acceptors (Lipinski definition) is 3. The summed E-state index contributed by atoms with van der Waals surface area (Å²) in [5.74, 6) is 1.17. The van der Waals surface area contributed by atoms with Crippen LogP contribution in [0.25, 0.3) is 0 Å². The number of Topliss-reactive ketones (excluding diaryl/α,β-unsaturated/α-hetero) is 1. The average Bonchev–Trinajstić information content (AvgIpc) is 3.01. The SMILES string of the molecule is CCOc1cccc(C2CC2C(C)=O)c1O. The molecule has 0 saturated heterocycles. The Kier molecular flexibility index (Phi) is 2.86. The zero-order valence-corrected chi connectivity index (χ0v) is 9.56. The van der Waals surface area contributed by atoms with Crippen molar-refractivity contribution in [3.05, 3.63) is 23.8 Å². The van der Waals surface area contributed by atoms with Gasteiger partial charge >= 0.3 is 0 Å². The minimum atomic E-state index is 0.0859. The zero-order chi connectivity index (χ0) is 11.7. The predicted molar refractivity (Wildman–Crippen MR) is 60.8 cm³/mol. The molecule has 86 valence electrons. The second-order valence-corrected chi connectivity index (χ2v) is 4.19. The molecular weight excluding hydrogens is 204 g/mol. The molecular formula is C13H16O3. The Morgan fingerprint density at radius 1 is 1.56 bits per heavy atom.